The lowest BCUT2D eigenvalue weighted by molar-refractivity contribution is 0.251. The lowest BCUT2D eigenvalue weighted by Crippen LogP contribution is -1.91. The zero-order valence-electron chi connectivity index (χ0n) is 13.9. The standard InChI is InChI=1S/C16H15F2N3O2S3/c1-9-19-11(8-24-9)6-14-20-21-16(23-14)25-7-10-3-4-13(26-15(17)18)12(5-10)22-2/h3-5,8,15H,6-7H2,1-2H3. The normalized spacial score (nSPS) is 11.3. The Hall–Kier alpha value is -1.65. The van der Waals surface area contributed by atoms with Gasteiger partial charge in [-0.15, -0.1) is 21.5 Å². The molecule has 0 N–H and O–H groups in total. The van der Waals surface area contributed by atoms with Crippen LogP contribution < -0.4 is 4.74 Å². The summed E-state index contributed by atoms with van der Waals surface area (Å²) in [5.41, 5.74) is 1.82. The van der Waals surface area contributed by atoms with Crippen molar-refractivity contribution in [1.29, 1.82) is 0 Å². The summed E-state index contributed by atoms with van der Waals surface area (Å²) in [6, 6.07) is 5.16. The topological polar surface area (TPSA) is 61.0 Å². The van der Waals surface area contributed by atoms with E-state index >= 15 is 0 Å². The Morgan fingerprint density at radius 3 is 2.85 bits per heavy atom. The third-order valence-electron chi connectivity index (χ3n) is 3.25. The molecule has 0 aliphatic rings. The number of aromatic nitrogens is 3. The highest BCUT2D eigenvalue weighted by atomic mass is 32.2. The van der Waals surface area contributed by atoms with Gasteiger partial charge in [0, 0.05) is 11.1 Å². The quantitative estimate of drug-likeness (QED) is 0.478. The zero-order chi connectivity index (χ0) is 18.5. The largest absolute Gasteiger partial charge is 0.496 e. The fourth-order valence-electron chi connectivity index (χ4n) is 2.15. The minimum absolute atomic E-state index is 0.412. The van der Waals surface area contributed by atoms with Crippen LogP contribution in [-0.2, 0) is 12.2 Å². The average Bonchev–Trinajstić information content (AvgIpc) is 3.22. The maximum absolute atomic E-state index is 12.5. The van der Waals surface area contributed by atoms with Crippen LogP contribution in [0.2, 0.25) is 0 Å². The highest BCUT2D eigenvalue weighted by Gasteiger charge is 2.13. The van der Waals surface area contributed by atoms with Gasteiger partial charge in [0.15, 0.2) is 0 Å². The van der Waals surface area contributed by atoms with Crippen LogP contribution in [0.3, 0.4) is 0 Å². The number of alkyl halides is 2. The first-order chi connectivity index (χ1) is 12.5. The summed E-state index contributed by atoms with van der Waals surface area (Å²) in [7, 11) is 1.46. The fourth-order valence-corrected chi connectivity index (χ4v) is 4.09. The molecule has 1 aromatic carbocycles. The van der Waals surface area contributed by atoms with Gasteiger partial charge in [-0.2, -0.15) is 8.78 Å². The van der Waals surface area contributed by atoms with Crippen LogP contribution in [-0.4, -0.2) is 28.0 Å². The minimum atomic E-state index is -2.48. The van der Waals surface area contributed by atoms with Crippen molar-refractivity contribution in [3.8, 4) is 5.75 Å². The van der Waals surface area contributed by atoms with Crippen LogP contribution in [0.25, 0.3) is 0 Å². The SMILES string of the molecule is COc1cc(CSc2nnc(Cc3csc(C)n3)o2)ccc1SC(F)F. The number of hydrogen-bond donors (Lipinski definition) is 0. The summed E-state index contributed by atoms with van der Waals surface area (Å²) in [6.07, 6.45) is 0.505. The number of hydrogen-bond acceptors (Lipinski definition) is 8. The van der Waals surface area contributed by atoms with Crippen molar-refractivity contribution in [2.75, 3.05) is 7.11 Å². The summed E-state index contributed by atoms with van der Waals surface area (Å²) < 4.78 is 35.9. The van der Waals surface area contributed by atoms with Gasteiger partial charge >= 0.3 is 0 Å². The Bertz CT molecular complexity index is 870. The highest BCUT2D eigenvalue weighted by molar-refractivity contribution is 7.99. The van der Waals surface area contributed by atoms with Gasteiger partial charge in [-0.05, 0) is 24.6 Å². The molecule has 0 unspecified atom stereocenters. The highest BCUT2D eigenvalue weighted by Crippen LogP contribution is 2.35. The van der Waals surface area contributed by atoms with Crippen LogP contribution in [0.1, 0.15) is 22.2 Å². The van der Waals surface area contributed by atoms with Crippen molar-refractivity contribution in [3.05, 3.63) is 45.7 Å². The van der Waals surface area contributed by atoms with E-state index in [0.29, 0.717) is 45.7 Å². The molecule has 0 amide bonds. The van der Waals surface area contributed by atoms with E-state index in [2.05, 4.69) is 15.2 Å². The summed E-state index contributed by atoms with van der Waals surface area (Å²) in [5.74, 6) is -0.979. The molecule has 3 rings (SSSR count). The Morgan fingerprint density at radius 1 is 1.31 bits per heavy atom. The van der Waals surface area contributed by atoms with E-state index in [1.165, 1.54) is 18.9 Å². The van der Waals surface area contributed by atoms with Gasteiger partial charge in [0.1, 0.15) is 5.75 Å². The molecule has 0 aliphatic carbocycles. The summed E-state index contributed by atoms with van der Waals surface area (Å²) >= 11 is 3.43. The van der Waals surface area contributed by atoms with Crippen LogP contribution in [0.15, 0.2) is 38.1 Å². The molecule has 0 atom stereocenters. The molecular formula is C16H15F2N3O2S3. The van der Waals surface area contributed by atoms with E-state index in [4.69, 9.17) is 9.15 Å². The van der Waals surface area contributed by atoms with Crippen molar-refractivity contribution in [1.82, 2.24) is 15.2 Å². The van der Waals surface area contributed by atoms with Crippen molar-refractivity contribution in [3.63, 3.8) is 0 Å². The molecule has 0 fully saturated rings. The van der Waals surface area contributed by atoms with E-state index in [1.54, 1.807) is 29.5 Å². The fraction of sp³-hybridized carbons (Fsp3) is 0.312. The molecule has 5 nitrogen and oxygen atoms in total. The predicted molar refractivity (Wildman–Crippen MR) is 98.4 cm³/mol. The van der Waals surface area contributed by atoms with Crippen molar-refractivity contribution >= 4 is 34.9 Å². The first-order valence-corrected chi connectivity index (χ1v) is 10.3. The first kappa shape index (κ1) is 19.1. The van der Waals surface area contributed by atoms with E-state index in [-0.39, 0.29) is 0 Å². The van der Waals surface area contributed by atoms with Gasteiger partial charge in [-0.1, -0.05) is 29.6 Å². The maximum Gasteiger partial charge on any atom is 0.289 e. The van der Waals surface area contributed by atoms with Gasteiger partial charge in [-0.25, -0.2) is 4.98 Å². The molecular weight excluding hydrogens is 400 g/mol. The van der Waals surface area contributed by atoms with Crippen molar-refractivity contribution in [2.45, 2.75) is 35.0 Å². The molecule has 0 saturated heterocycles. The zero-order valence-corrected chi connectivity index (χ0v) is 16.4. The number of ether oxygens (including phenoxy) is 1. The van der Waals surface area contributed by atoms with Gasteiger partial charge in [0.25, 0.3) is 11.0 Å². The number of methoxy groups -OCH3 is 1. The van der Waals surface area contributed by atoms with Crippen LogP contribution >= 0.6 is 34.9 Å². The molecule has 2 heterocycles. The van der Waals surface area contributed by atoms with Gasteiger partial charge in [0.2, 0.25) is 5.89 Å². The maximum atomic E-state index is 12.5. The predicted octanol–water partition coefficient (Wildman–Crippen LogP) is 5.04. The minimum Gasteiger partial charge on any atom is -0.496 e. The summed E-state index contributed by atoms with van der Waals surface area (Å²) in [6.45, 7) is 1.95. The number of thioether (sulfide) groups is 2. The smallest absolute Gasteiger partial charge is 0.289 e. The van der Waals surface area contributed by atoms with E-state index in [1.807, 2.05) is 12.3 Å². The Kier molecular flexibility index (Phi) is 6.49. The molecule has 0 spiro atoms. The second-order valence-corrected chi connectivity index (χ2v) is 8.17. The molecule has 2 aromatic heterocycles. The summed E-state index contributed by atoms with van der Waals surface area (Å²) in [5, 5.41) is 11.5. The van der Waals surface area contributed by atoms with Crippen molar-refractivity contribution in [2.24, 2.45) is 0 Å². The Morgan fingerprint density at radius 2 is 2.15 bits per heavy atom. The Balaban J connectivity index is 1.60. The number of halogens is 2. The van der Waals surface area contributed by atoms with E-state index < -0.39 is 5.76 Å². The molecule has 138 valence electrons. The van der Waals surface area contributed by atoms with Gasteiger partial charge < -0.3 is 9.15 Å². The number of benzene rings is 1. The van der Waals surface area contributed by atoms with Gasteiger partial charge in [-0.3, -0.25) is 0 Å². The molecule has 10 heteroatoms. The number of aryl methyl sites for hydroxylation is 1. The van der Waals surface area contributed by atoms with Crippen LogP contribution in [0, 0.1) is 6.92 Å². The van der Waals surface area contributed by atoms with Crippen molar-refractivity contribution < 1.29 is 17.9 Å². The second-order valence-electron chi connectivity index (χ2n) is 5.15. The molecule has 0 bridgehead atoms. The average molecular weight is 416 g/mol. The third kappa shape index (κ3) is 5.18. The second kappa shape index (κ2) is 8.83. The lowest BCUT2D eigenvalue weighted by Gasteiger charge is -2.09. The van der Waals surface area contributed by atoms with E-state index in [0.717, 1.165) is 16.3 Å². The number of nitrogens with zero attached hydrogens (tertiary/aromatic N) is 3. The first-order valence-electron chi connectivity index (χ1n) is 7.51. The molecule has 0 radical (unpaired) electrons. The molecule has 0 saturated carbocycles. The molecule has 0 aliphatic heterocycles. The summed E-state index contributed by atoms with van der Waals surface area (Å²) in [4.78, 5) is 4.78. The molecule has 3 aromatic rings. The number of rotatable bonds is 8. The third-order valence-corrected chi connectivity index (χ3v) is 5.73. The van der Waals surface area contributed by atoms with Crippen LogP contribution in [0.4, 0.5) is 8.78 Å². The van der Waals surface area contributed by atoms with E-state index in [9.17, 15) is 8.78 Å². The van der Waals surface area contributed by atoms with Gasteiger partial charge in [0.05, 0.1) is 29.1 Å². The lowest BCUT2D eigenvalue weighted by atomic mass is 10.2. The van der Waals surface area contributed by atoms with Crippen LogP contribution in [0.5, 0.6) is 5.75 Å². The number of thiazole rings is 1. The molecule has 26 heavy (non-hydrogen) atoms. The Labute approximate surface area is 161 Å². The monoisotopic (exact) mass is 415 g/mol.